The van der Waals surface area contributed by atoms with Crippen LogP contribution in [0.25, 0.3) is 0 Å². The van der Waals surface area contributed by atoms with Crippen LogP contribution in [0.1, 0.15) is 25.6 Å². The van der Waals surface area contributed by atoms with E-state index in [2.05, 4.69) is 0 Å². The monoisotopic (exact) mass is 265 g/mol. The van der Waals surface area contributed by atoms with E-state index in [1.807, 2.05) is 38.1 Å². The Morgan fingerprint density at radius 3 is 2.37 bits per heavy atom. The van der Waals surface area contributed by atoms with E-state index in [0.29, 0.717) is 0 Å². The molecular weight excluding hydrogens is 246 g/mol. The van der Waals surface area contributed by atoms with Crippen LogP contribution >= 0.6 is 0 Å². The van der Waals surface area contributed by atoms with Gasteiger partial charge in [0.15, 0.2) is 6.23 Å². The third kappa shape index (κ3) is 2.88. The van der Waals surface area contributed by atoms with Gasteiger partial charge < -0.3 is 9.47 Å². The average molecular weight is 265 g/mol. The minimum absolute atomic E-state index is 0.121. The van der Waals surface area contributed by atoms with Crippen molar-refractivity contribution in [1.82, 2.24) is 5.06 Å². The Morgan fingerprint density at radius 1 is 1.26 bits per heavy atom. The maximum Gasteiger partial charge on any atom is 0.325 e. The van der Waals surface area contributed by atoms with E-state index in [9.17, 15) is 4.79 Å². The fourth-order valence-corrected chi connectivity index (χ4v) is 2.07. The van der Waals surface area contributed by atoms with Crippen LogP contribution in [-0.4, -0.2) is 31.3 Å². The number of benzene rings is 1. The Morgan fingerprint density at radius 2 is 1.89 bits per heavy atom. The molecule has 2 rings (SSSR count). The fraction of sp³-hybridized carbons (Fsp3) is 0.500. The maximum absolute atomic E-state index is 11.7. The number of hydrogen-bond donors (Lipinski definition) is 0. The second-order valence-electron chi connectivity index (χ2n) is 4.80. The molecule has 1 aromatic carbocycles. The molecule has 0 spiro atoms. The highest BCUT2D eigenvalue weighted by Gasteiger charge is 2.48. The number of nitrogens with zero attached hydrogens (tertiary/aromatic N) is 1. The zero-order valence-corrected chi connectivity index (χ0v) is 11.6. The molecule has 1 unspecified atom stereocenters. The molecule has 5 heteroatoms. The first kappa shape index (κ1) is 13.8. The van der Waals surface area contributed by atoms with E-state index in [1.165, 1.54) is 7.11 Å². The third-order valence-corrected chi connectivity index (χ3v) is 3.16. The van der Waals surface area contributed by atoms with Gasteiger partial charge in [-0.1, -0.05) is 26.0 Å². The van der Waals surface area contributed by atoms with Crippen molar-refractivity contribution in [2.24, 2.45) is 5.92 Å². The predicted molar refractivity (Wildman–Crippen MR) is 69.3 cm³/mol. The second kappa shape index (κ2) is 5.59. The molecule has 1 aromatic rings. The second-order valence-corrected chi connectivity index (χ2v) is 4.80. The Hall–Kier alpha value is -1.59. The number of carbonyl (C=O) groups excluding carboxylic acids is 1. The number of hydrogen-bond acceptors (Lipinski definition) is 5. The molecule has 1 saturated heterocycles. The van der Waals surface area contributed by atoms with Crippen molar-refractivity contribution in [2.45, 2.75) is 26.1 Å². The quantitative estimate of drug-likeness (QED) is 0.603. The van der Waals surface area contributed by atoms with Crippen molar-refractivity contribution in [1.29, 1.82) is 0 Å². The van der Waals surface area contributed by atoms with Gasteiger partial charge >= 0.3 is 5.97 Å². The van der Waals surface area contributed by atoms with Gasteiger partial charge in [0.25, 0.3) is 0 Å². The van der Waals surface area contributed by atoms with Crippen LogP contribution in [0.5, 0.6) is 5.75 Å². The van der Waals surface area contributed by atoms with Crippen molar-refractivity contribution >= 4 is 5.97 Å². The highest BCUT2D eigenvalue weighted by atomic mass is 16.8. The Balaban J connectivity index is 2.07. The van der Waals surface area contributed by atoms with E-state index in [1.54, 1.807) is 12.2 Å². The molecule has 0 N–H and O–H groups in total. The van der Waals surface area contributed by atoms with Crippen LogP contribution in [0.3, 0.4) is 0 Å². The van der Waals surface area contributed by atoms with Gasteiger partial charge in [-0.05, 0) is 23.6 Å². The Labute approximate surface area is 113 Å². The zero-order chi connectivity index (χ0) is 14.0. The SMILES string of the molecule is COC(=O)[C@@H](C(C)C)N1O[C@H]1c1ccc(OC)cc1. The summed E-state index contributed by atoms with van der Waals surface area (Å²) in [6, 6.07) is 7.23. The number of rotatable bonds is 5. The molecule has 1 heterocycles. The number of methoxy groups -OCH3 is 2. The molecule has 104 valence electrons. The predicted octanol–water partition coefficient (Wildman–Crippen LogP) is 2.14. The highest BCUT2D eigenvalue weighted by molar-refractivity contribution is 5.76. The van der Waals surface area contributed by atoms with Crippen LogP contribution in [-0.2, 0) is 14.4 Å². The standard InChI is InChI=1S/C14H19NO4/c1-9(2)12(14(16)18-4)15-13(19-15)10-5-7-11(17-3)8-6-10/h5-9,12-13H,1-4H3/t12-,13+,15?/m1/s1. The summed E-state index contributed by atoms with van der Waals surface area (Å²) in [4.78, 5) is 17.3. The molecule has 5 nitrogen and oxygen atoms in total. The number of carbonyl (C=O) groups is 1. The normalized spacial score (nSPS) is 23.0. The van der Waals surface area contributed by atoms with Crippen molar-refractivity contribution < 1.29 is 19.1 Å². The third-order valence-electron chi connectivity index (χ3n) is 3.16. The van der Waals surface area contributed by atoms with Crippen LogP contribution in [0.4, 0.5) is 0 Å². The molecular formula is C14H19NO4. The average Bonchev–Trinajstić information content (AvgIpc) is 3.18. The lowest BCUT2D eigenvalue weighted by atomic mass is 10.0. The van der Waals surface area contributed by atoms with Gasteiger partial charge in [0.1, 0.15) is 11.8 Å². The molecule has 0 bridgehead atoms. The van der Waals surface area contributed by atoms with Gasteiger partial charge in [-0.25, -0.2) is 0 Å². The van der Waals surface area contributed by atoms with Crippen molar-refractivity contribution in [3.8, 4) is 5.75 Å². The van der Waals surface area contributed by atoms with Crippen molar-refractivity contribution in [3.63, 3.8) is 0 Å². The summed E-state index contributed by atoms with van der Waals surface area (Å²) in [5, 5.41) is 1.68. The van der Waals surface area contributed by atoms with Crippen LogP contribution in [0.2, 0.25) is 0 Å². The van der Waals surface area contributed by atoms with E-state index in [-0.39, 0.29) is 24.2 Å². The number of hydroxylamine groups is 2. The first-order chi connectivity index (χ1) is 9.08. The minimum atomic E-state index is -0.378. The number of esters is 1. The van der Waals surface area contributed by atoms with Gasteiger partial charge in [-0.3, -0.25) is 9.63 Å². The van der Waals surface area contributed by atoms with Crippen LogP contribution < -0.4 is 4.74 Å². The first-order valence-corrected chi connectivity index (χ1v) is 6.25. The molecule has 0 saturated carbocycles. The lowest BCUT2D eigenvalue weighted by molar-refractivity contribution is -0.149. The summed E-state index contributed by atoms with van der Waals surface area (Å²) in [6.07, 6.45) is -0.183. The van der Waals surface area contributed by atoms with Gasteiger partial charge in [0, 0.05) is 0 Å². The lowest BCUT2D eigenvalue weighted by Crippen LogP contribution is -2.35. The molecule has 1 fully saturated rings. The Kier molecular flexibility index (Phi) is 4.07. The Bertz CT molecular complexity index is 443. The molecule has 3 atom stereocenters. The van der Waals surface area contributed by atoms with Crippen LogP contribution in [0, 0.1) is 5.92 Å². The molecule has 19 heavy (non-hydrogen) atoms. The van der Waals surface area contributed by atoms with E-state index in [0.717, 1.165) is 11.3 Å². The summed E-state index contributed by atoms with van der Waals surface area (Å²) in [5.74, 6) is 0.644. The zero-order valence-electron chi connectivity index (χ0n) is 11.6. The summed E-state index contributed by atoms with van der Waals surface area (Å²) in [7, 11) is 3.02. The minimum Gasteiger partial charge on any atom is -0.497 e. The molecule has 1 aliphatic heterocycles. The lowest BCUT2D eigenvalue weighted by Gasteiger charge is -2.17. The van der Waals surface area contributed by atoms with E-state index < -0.39 is 0 Å². The van der Waals surface area contributed by atoms with Gasteiger partial charge in [0.2, 0.25) is 0 Å². The topological polar surface area (TPSA) is 51.1 Å². The summed E-state index contributed by atoms with van der Waals surface area (Å²) in [5.41, 5.74) is 0.996. The van der Waals surface area contributed by atoms with Crippen molar-refractivity contribution in [3.05, 3.63) is 29.8 Å². The van der Waals surface area contributed by atoms with Gasteiger partial charge in [0.05, 0.1) is 14.2 Å². The maximum atomic E-state index is 11.7. The molecule has 0 aromatic heterocycles. The highest BCUT2D eigenvalue weighted by Crippen LogP contribution is 2.41. The van der Waals surface area contributed by atoms with Gasteiger partial charge in [-0.15, -0.1) is 5.06 Å². The van der Waals surface area contributed by atoms with Crippen molar-refractivity contribution in [2.75, 3.05) is 14.2 Å². The molecule has 0 aliphatic carbocycles. The molecule has 0 radical (unpaired) electrons. The van der Waals surface area contributed by atoms with E-state index in [4.69, 9.17) is 14.3 Å². The number of ether oxygens (including phenoxy) is 2. The van der Waals surface area contributed by atoms with Gasteiger partial charge in [-0.2, -0.15) is 0 Å². The summed E-state index contributed by atoms with van der Waals surface area (Å²) < 4.78 is 9.92. The first-order valence-electron chi connectivity index (χ1n) is 6.25. The molecule has 0 amide bonds. The molecule has 1 aliphatic rings. The summed E-state index contributed by atoms with van der Waals surface area (Å²) >= 11 is 0. The van der Waals surface area contributed by atoms with E-state index >= 15 is 0 Å². The summed E-state index contributed by atoms with van der Waals surface area (Å²) in [6.45, 7) is 3.93. The largest absolute Gasteiger partial charge is 0.497 e. The smallest absolute Gasteiger partial charge is 0.325 e. The van der Waals surface area contributed by atoms with Crippen LogP contribution in [0.15, 0.2) is 24.3 Å². The fourth-order valence-electron chi connectivity index (χ4n) is 2.07.